The molecule has 1 aliphatic rings. The molecule has 1 aliphatic heterocycles. The summed E-state index contributed by atoms with van der Waals surface area (Å²) in [6, 6.07) is 12.0. The number of nitrogens with zero attached hydrogens (tertiary/aromatic N) is 4. The van der Waals surface area contributed by atoms with Gasteiger partial charge in [0, 0.05) is 40.8 Å². The summed E-state index contributed by atoms with van der Waals surface area (Å²) in [6.07, 6.45) is 8.52. The van der Waals surface area contributed by atoms with E-state index in [1.807, 2.05) is 34.5 Å². The molecule has 4 aromatic rings. The molecular formula is C28H29F2IN6O2. The molecule has 0 unspecified atom stereocenters. The summed E-state index contributed by atoms with van der Waals surface area (Å²) in [4.78, 5) is 23.9. The number of hydrogen-bond acceptors (Lipinski definition) is 6. The van der Waals surface area contributed by atoms with Gasteiger partial charge in [-0.2, -0.15) is 8.78 Å². The molecule has 3 heterocycles. The molecule has 0 saturated carbocycles. The number of nitrogens with one attached hydrogen (secondary N) is 2. The van der Waals surface area contributed by atoms with Crippen LogP contribution < -0.4 is 15.4 Å². The van der Waals surface area contributed by atoms with Crippen molar-refractivity contribution >= 4 is 45.7 Å². The van der Waals surface area contributed by atoms with Gasteiger partial charge in [0.05, 0.1) is 17.5 Å². The summed E-state index contributed by atoms with van der Waals surface area (Å²) in [5.41, 5.74) is 3.63. The van der Waals surface area contributed by atoms with E-state index in [0.29, 0.717) is 22.9 Å². The molecule has 1 saturated heterocycles. The molecule has 0 spiro atoms. The van der Waals surface area contributed by atoms with Crippen molar-refractivity contribution in [3.05, 3.63) is 70.2 Å². The predicted molar refractivity (Wildman–Crippen MR) is 155 cm³/mol. The van der Waals surface area contributed by atoms with Gasteiger partial charge < -0.3 is 20.3 Å². The average Bonchev–Trinajstić information content (AvgIpc) is 3.37. The highest BCUT2D eigenvalue weighted by atomic mass is 127. The number of halogens is 3. The maximum Gasteiger partial charge on any atom is 0.387 e. The van der Waals surface area contributed by atoms with Crippen LogP contribution in [0.1, 0.15) is 29.6 Å². The minimum Gasteiger partial charge on any atom is -0.435 e. The molecule has 0 radical (unpaired) electrons. The summed E-state index contributed by atoms with van der Waals surface area (Å²) >= 11 is 2.19. The maximum atomic E-state index is 13.1. The first-order valence-electron chi connectivity index (χ1n) is 12.8. The number of carbonyl (C=O) groups is 1. The normalized spacial score (nSPS) is 14.1. The molecule has 5 rings (SSSR count). The molecule has 2 N–H and O–H groups in total. The molecule has 1 amide bonds. The van der Waals surface area contributed by atoms with E-state index in [-0.39, 0.29) is 11.7 Å². The monoisotopic (exact) mass is 646 g/mol. The number of piperidine rings is 1. The molecule has 8 nitrogen and oxygen atoms in total. The van der Waals surface area contributed by atoms with E-state index < -0.39 is 6.61 Å². The quantitative estimate of drug-likeness (QED) is 0.224. The van der Waals surface area contributed by atoms with Gasteiger partial charge in [0.25, 0.3) is 5.91 Å². The molecule has 11 heteroatoms. The second-order valence-corrected chi connectivity index (χ2v) is 10.7. The van der Waals surface area contributed by atoms with Gasteiger partial charge in [-0.3, -0.25) is 9.20 Å². The van der Waals surface area contributed by atoms with Crippen molar-refractivity contribution in [3.63, 3.8) is 0 Å². The van der Waals surface area contributed by atoms with Crippen molar-refractivity contribution in [2.24, 2.45) is 5.92 Å². The SMILES string of the molecule is CN(CCC1CCNCC1)C(=O)c1ccc(Nc2nccn3c(-c4ccc(OC(F)F)cc4)cnc23)cc1I. The number of benzene rings is 2. The summed E-state index contributed by atoms with van der Waals surface area (Å²) in [5.74, 6) is 1.33. The Bertz CT molecular complexity index is 1440. The number of fused-ring (bicyclic) bond motifs is 1. The summed E-state index contributed by atoms with van der Waals surface area (Å²) < 4.78 is 32.1. The van der Waals surface area contributed by atoms with Gasteiger partial charge in [-0.1, -0.05) is 0 Å². The Morgan fingerprint density at radius 2 is 1.97 bits per heavy atom. The zero-order chi connectivity index (χ0) is 27.4. The Kier molecular flexibility index (Phi) is 8.56. The molecule has 39 heavy (non-hydrogen) atoms. The van der Waals surface area contributed by atoms with E-state index in [4.69, 9.17) is 0 Å². The Hall–Kier alpha value is -3.32. The van der Waals surface area contributed by atoms with E-state index in [1.54, 1.807) is 30.7 Å². The van der Waals surface area contributed by atoms with Crippen molar-refractivity contribution in [3.8, 4) is 17.0 Å². The lowest BCUT2D eigenvalue weighted by atomic mass is 9.94. The predicted octanol–water partition coefficient (Wildman–Crippen LogP) is 5.81. The van der Waals surface area contributed by atoms with Crippen LogP contribution in [0, 0.1) is 9.49 Å². The summed E-state index contributed by atoms with van der Waals surface area (Å²) in [6.45, 7) is -0.00516. The third-order valence-electron chi connectivity index (χ3n) is 6.94. The highest BCUT2D eigenvalue weighted by molar-refractivity contribution is 14.1. The Morgan fingerprint density at radius 1 is 1.21 bits per heavy atom. The smallest absolute Gasteiger partial charge is 0.387 e. The van der Waals surface area contributed by atoms with Gasteiger partial charge in [0.2, 0.25) is 0 Å². The van der Waals surface area contributed by atoms with Crippen LogP contribution in [0.15, 0.2) is 61.1 Å². The largest absolute Gasteiger partial charge is 0.435 e. The van der Waals surface area contributed by atoms with Crippen LogP contribution in [-0.4, -0.2) is 58.5 Å². The van der Waals surface area contributed by atoms with Crippen molar-refractivity contribution in [2.75, 3.05) is 32.0 Å². The number of ether oxygens (including phenoxy) is 1. The molecule has 204 valence electrons. The number of imidazole rings is 1. The highest BCUT2D eigenvalue weighted by Crippen LogP contribution is 2.28. The topological polar surface area (TPSA) is 83.8 Å². The molecule has 0 bridgehead atoms. The van der Waals surface area contributed by atoms with Gasteiger partial charge in [0.1, 0.15) is 5.75 Å². The Morgan fingerprint density at radius 3 is 2.69 bits per heavy atom. The van der Waals surface area contributed by atoms with E-state index in [9.17, 15) is 13.6 Å². The summed E-state index contributed by atoms with van der Waals surface area (Å²) in [5, 5.41) is 6.70. The fourth-order valence-electron chi connectivity index (χ4n) is 4.78. The van der Waals surface area contributed by atoms with Gasteiger partial charge in [0.15, 0.2) is 11.5 Å². The number of carbonyl (C=O) groups excluding carboxylic acids is 1. The zero-order valence-corrected chi connectivity index (χ0v) is 23.6. The number of rotatable bonds is 9. The molecule has 1 fully saturated rings. The Balaban J connectivity index is 1.29. The van der Waals surface area contributed by atoms with E-state index >= 15 is 0 Å². The van der Waals surface area contributed by atoms with Crippen LogP contribution in [-0.2, 0) is 0 Å². The average molecular weight is 646 g/mol. The third kappa shape index (κ3) is 6.47. The molecule has 2 aromatic carbocycles. The molecule has 0 atom stereocenters. The van der Waals surface area contributed by atoms with Crippen molar-refractivity contribution < 1.29 is 18.3 Å². The van der Waals surface area contributed by atoms with Crippen molar-refractivity contribution in [2.45, 2.75) is 25.9 Å². The van der Waals surface area contributed by atoms with E-state index in [2.05, 4.69) is 47.9 Å². The second-order valence-electron chi connectivity index (χ2n) is 9.54. The second kappa shape index (κ2) is 12.2. The highest BCUT2D eigenvalue weighted by Gasteiger charge is 2.19. The van der Waals surface area contributed by atoms with Crippen LogP contribution in [0.25, 0.3) is 16.9 Å². The van der Waals surface area contributed by atoms with Crippen LogP contribution in [0.4, 0.5) is 20.3 Å². The summed E-state index contributed by atoms with van der Waals surface area (Å²) in [7, 11) is 1.87. The van der Waals surface area contributed by atoms with Crippen LogP contribution in [0.2, 0.25) is 0 Å². The van der Waals surface area contributed by atoms with Gasteiger partial charge in [-0.15, -0.1) is 0 Å². The minimum absolute atomic E-state index is 0.0166. The first kappa shape index (κ1) is 27.3. The fourth-order valence-corrected chi connectivity index (χ4v) is 5.53. The number of amides is 1. The standard InChI is InChI=1S/C28H29F2IN6O2/c1-36(14-10-18-8-11-32-12-9-18)27(38)22-7-4-20(16-23(22)31)35-25-26-34-17-24(37(26)15-13-33-25)19-2-5-21(6-3-19)39-28(29)30/h2-7,13,15-18,28,32H,8-12,14H2,1H3,(H,33,35). The lowest BCUT2D eigenvalue weighted by molar-refractivity contribution is -0.0498. The zero-order valence-electron chi connectivity index (χ0n) is 21.4. The lowest BCUT2D eigenvalue weighted by Crippen LogP contribution is -2.32. The first-order chi connectivity index (χ1) is 18.9. The lowest BCUT2D eigenvalue weighted by Gasteiger charge is -2.25. The van der Waals surface area contributed by atoms with Crippen molar-refractivity contribution in [1.82, 2.24) is 24.6 Å². The third-order valence-corrected chi connectivity index (χ3v) is 7.84. The fraction of sp³-hybridized carbons (Fsp3) is 0.321. The minimum atomic E-state index is -2.87. The number of hydrogen-bond donors (Lipinski definition) is 2. The molecular weight excluding hydrogens is 617 g/mol. The van der Waals surface area contributed by atoms with Gasteiger partial charge in [-0.25, -0.2) is 9.97 Å². The number of alkyl halides is 2. The number of aromatic nitrogens is 3. The molecule has 2 aromatic heterocycles. The van der Waals surface area contributed by atoms with E-state index in [1.165, 1.54) is 25.0 Å². The van der Waals surface area contributed by atoms with Crippen LogP contribution in [0.5, 0.6) is 5.75 Å². The number of anilines is 2. The van der Waals surface area contributed by atoms with E-state index in [0.717, 1.165) is 46.6 Å². The van der Waals surface area contributed by atoms with Crippen LogP contribution >= 0.6 is 22.6 Å². The Labute approximate surface area is 238 Å². The van der Waals surface area contributed by atoms with Gasteiger partial charge in [-0.05, 0) is 103 Å². The van der Waals surface area contributed by atoms with Gasteiger partial charge >= 0.3 is 6.61 Å². The first-order valence-corrected chi connectivity index (χ1v) is 13.9. The van der Waals surface area contributed by atoms with Crippen molar-refractivity contribution in [1.29, 1.82) is 0 Å². The van der Waals surface area contributed by atoms with Crippen LogP contribution in [0.3, 0.4) is 0 Å². The molecule has 0 aliphatic carbocycles. The maximum absolute atomic E-state index is 13.1.